The highest BCUT2D eigenvalue weighted by Crippen LogP contribution is 2.21. The van der Waals surface area contributed by atoms with Crippen molar-refractivity contribution in [2.24, 2.45) is 5.92 Å². The molecular formula is C14H22ClN. The Morgan fingerprint density at radius 3 is 2.50 bits per heavy atom. The third kappa shape index (κ3) is 3.80. The summed E-state index contributed by atoms with van der Waals surface area (Å²) in [6, 6.07) is 8.72. The molecule has 0 aromatic heterocycles. The summed E-state index contributed by atoms with van der Waals surface area (Å²) in [5.41, 5.74) is 1.26. The molecule has 1 rings (SSSR count). The van der Waals surface area contributed by atoms with Gasteiger partial charge in [-0.05, 0) is 36.9 Å². The highest BCUT2D eigenvalue weighted by Gasteiger charge is 2.15. The molecule has 0 aliphatic carbocycles. The van der Waals surface area contributed by atoms with Crippen molar-refractivity contribution in [1.82, 2.24) is 5.32 Å². The lowest BCUT2D eigenvalue weighted by Crippen LogP contribution is -2.35. The SMILES string of the molecule is CCNC(CC)C(C)Cc1ccccc1Cl. The lowest BCUT2D eigenvalue weighted by atomic mass is 9.92. The Balaban J connectivity index is 2.62. The Kier molecular flexibility index (Phi) is 5.86. The minimum Gasteiger partial charge on any atom is -0.314 e. The van der Waals surface area contributed by atoms with Gasteiger partial charge in [0.15, 0.2) is 0 Å². The van der Waals surface area contributed by atoms with E-state index in [1.165, 1.54) is 12.0 Å². The molecule has 1 nitrogen and oxygen atoms in total. The maximum Gasteiger partial charge on any atom is 0.0438 e. The second-order valence-corrected chi connectivity index (χ2v) is 4.75. The van der Waals surface area contributed by atoms with E-state index in [1.807, 2.05) is 12.1 Å². The zero-order valence-electron chi connectivity index (χ0n) is 10.5. The van der Waals surface area contributed by atoms with E-state index >= 15 is 0 Å². The highest BCUT2D eigenvalue weighted by molar-refractivity contribution is 6.31. The van der Waals surface area contributed by atoms with E-state index in [1.54, 1.807) is 0 Å². The molecule has 0 bridgehead atoms. The van der Waals surface area contributed by atoms with Crippen LogP contribution in [0.3, 0.4) is 0 Å². The van der Waals surface area contributed by atoms with Crippen LogP contribution in [0.25, 0.3) is 0 Å². The van der Waals surface area contributed by atoms with E-state index in [4.69, 9.17) is 11.6 Å². The first kappa shape index (κ1) is 13.5. The Morgan fingerprint density at radius 2 is 1.94 bits per heavy atom. The van der Waals surface area contributed by atoms with Crippen molar-refractivity contribution in [1.29, 1.82) is 0 Å². The first-order valence-electron chi connectivity index (χ1n) is 6.15. The van der Waals surface area contributed by atoms with E-state index in [9.17, 15) is 0 Å². The average Bonchev–Trinajstić information content (AvgIpc) is 2.29. The minimum atomic E-state index is 0.585. The molecule has 0 heterocycles. The number of rotatable bonds is 6. The van der Waals surface area contributed by atoms with Gasteiger partial charge < -0.3 is 5.32 Å². The van der Waals surface area contributed by atoms with Gasteiger partial charge in [-0.25, -0.2) is 0 Å². The summed E-state index contributed by atoms with van der Waals surface area (Å²) in [6.07, 6.45) is 2.21. The third-order valence-electron chi connectivity index (χ3n) is 3.09. The van der Waals surface area contributed by atoms with Crippen molar-refractivity contribution in [2.45, 2.75) is 39.7 Å². The smallest absolute Gasteiger partial charge is 0.0438 e. The lowest BCUT2D eigenvalue weighted by Gasteiger charge is -2.23. The van der Waals surface area contributed by atoms with Crippen LogP contribution in [0.5, 0.6) is 0 Å². The summed E-state index contributed by atoms with van der Waals surface area (Å²) in [6.45, 7) is 7.72. The topological polar surface area (TPSA) is 12.0 Å². The van der Waals surface area contributed by atoms with Gasteiger partial charge in [0.2, 0.25) is 0 Å². The van der Waals surface area contributed by atoms with Crippen molar-refractivity contribution < 1.29 is 0 Å². The lowest BCUT2D eigenvalue weighted by molar-refractivity contribution is 0.371. The maximum atomic E-state index is 6.17. The first-order valence-corrected chi connectivity index (χ1v) is 6.53. The molecule has 0 fully saturated rings. The van der Waals surface area contributed by atoms with Crippen molar-refractivity contribution in [2.75, 3.05) is 6.54 Å². The fraction of sp³-hybridized carbons (Fsp3) is 0.571. The van der Waals surface area contributed by atoms with E-state index in [-0.39, 0.29) is 0 Å². The molecule has 1 aromatic carbocycles. The Hall–Kier alpha value is -0.530. The van der Waals surface area contributed by atoms with Crippen LogP contribution in [0.2, 0.25) is 5.02 Å². The number of hydrogen-bond acceptors (Lipinski definition) is 1. The zero-order valence-corrected chi connectivity index (χ0v) is 11.2. The summed E-state index contributed by atoms with van der Waals surface area (Å²) in [5, 5.41) is 4.42. The van der Waals surface area contributed by atoms with Crippen molar-refractivity contribution in [3.8, 4) is 0 Å². The third-order valence-corrected chi connectivity index (χ3v) is 3.46. The molecule has 0 amide bonds. The molecule has 90 valence electrons. The van der Waals surface area contributed by atoms with Gasteiger partial charge in [0.25, 0.3) is 0 Å². The molecule has 0 saturated carbocycles. The molecular weight excluding hydrogens is 218 g/mol. The molecule has 0 saturated heterocycles. The molecule has 1 aromatic rings. The number of halogens is 1. The van der Waals surface area contributed by atoms with Crippen LogP contribution in [-0.2, 0) is 6.42 Å². The van der Waals surface area contributed by atoms with Gasteiger partial charge in [0.05, 0.1) is 0 Å². The largest absolute Gasteiger partial charge is 0.314 e. The van der Waals surface area contributed by atoms with E-state index in [2.05, 4.69) is 38.2 Å². The van der Waals surface area contributed by atoms with Gasteiger partial charge in [-0.1, -0.05) is 50.6 Å². The predicted molar refractivity (Wildman–Crippen MR) is 72.1 cm³/mol. The Labute approximate surface area is 104 Å². The molecule has 0 radical (unpaired) electrons. The van der Waals surface area contributed by atoms with Crippen LogP contribution in [0.1, 0.15) is 32.8 Å². The average molecular weight is 240 g/mol. The van der Waals surface area contributed by atoms with Crippen LogP contribution < -0.4 is 5.32 Å². The zero-order chi connectivity index (χ0) is 12.0. The van der Waals surface area contributed by atoms with E-state index in [0.29, 0.717) is 12.0 Å². The standard InChI is InChI=1S/C14H22ClN/c1-4-14(16-5-2)11(3)10-12-8-6-7-9-13(12)15/h6-9,11,14,16H,4-5,10H2,1-3H3. The van der Waals surface area contributed by atoms with Crippen LogP contribution in [0, 0.1) is 5.92 Å². The van der Waals surface area contributed by atoms with Crippen LogP contribution >= 0.6 is 11.6 Å². The minimum absolute atomic E-state index is 0.585. The second kappa shape index (κ2) is 6.93. The molecule has 0 aliphatic rings. The number of benzene rings is 1. The van der Waals surface area contributed by atoms with Crippen molar-refractivity contribution >= 4 is 11.6 Å². The van der Waals surface area contributed by atoms with Gasteiger partial charge in [-0.3, -0.25) is 0 Å². The highest BCUT2D eigenvalue weighted by atomic mass is 35.5. The predicted octanol–water partition coefficient (Wildman–Crippen LogP) is 3.91. The molecule has 1 N–H and O–H groups in total. The van der Waals surface area contributed by atoms with Crippen molar-refractivity contribution in [3.63, 3.8) is 0 Å². The van der Waals surface area contributed by atoms with Crippen molar-refractivity contribution in [3.05, 3.63) is 34.9 Å². The fourth-order valence-electron chi connectivity index (χ4n) is 2.16. The second-order valence-electron chi connectivity index (χ2n) is 4.35. The van der Waals surface area contributed by atoms with E-state index < -0.39 is 0 Å². The Morgan fingerprint density at radius 1 is 1.25 bits per heavy atom. The quantitative estimate of drug-likeness (QED) is 0.794. The monoisotopic (exact) mass is 239 g/mol. The number of hydrogen-bond donors (Lipinski definition) is 1. The summed E-state index contributed by atoms with van der Waals surface area (Å²) < 4.78 is 0. The maximum absolute atomic E-state index is 6.17. The summed E-state index contributed by atoms with van der Waals surface area (Å²) >= 11 is 6.17. The van der Waals surface area contributed by atoms with Gasteiger partial charge in [-0.2, -0.15) is 0 Å². The molecule has 2 unspecified atom stereocenters. The molecule has 16 heavy (non-hydrogen) atoms. The van der Waals surface area contributed by atoms with Crippen LogP contribution in [0.4, 0.5) is 0 Å². The Bertz CT molecular complexity index is 311. The van der Waals surface area contributed by atoms with Crippen LogP contribution in [0.15, 0.2) is 24.3 Å². The molecule has 2 atom stereocenters. The van der Waals surface area contributed by atoms with Gasteiger partial charge in [-0.15, -0.1) is 0 Å². The van der Waals surface area contributed by atoms with Gasteiger partial charge in [0, 0.05) is 11.1 Å². The number of nitrogens with one attached hydrogen (secondary N) is 1. The first-order chi connectivity index (χ1) is 7.69. The van der Waals surface area contributed by atoms with Gasteiger partial charge >= 0.3 is 0 Å². The normalized spacial score (nSPS) is 14.8. The van der Waals surface area contributed by atoms with Gasteiger partial charge in [0.1, 0.15) is 0 Å². The summed E-state index contributed by atoms with van der Waals surface area (Å²) in [5.74, 6) is 0.616. The fourth-order valence-corrected chi connectivity index (χ4v) is 2.38. The molecule has 0 spiro atoms. The molecule has 2 heteroatoms. The summed E-state index contributed by atoms with van der Waals surface area (Å²) in [4.78, 5) is 0. The molecule has 0 aliphatic heterocycles. The van der Waals surface area contributed by atoms with Crippen LogP contribution in [-0.4, -0.2) is 12.6 Å². The summed E-state index contributed by atoms with van der Waals surface area (Å²) in [7, 11) is 0. The van der Waals surface area contributed by atoms with E-state index in [0.717, 1.165) is 18.0 Å².